The lowest BCUT2D eigenvalue weighted by atomic mass is 9.91. The Kier molecular flexibility index (Phi) is 8.28. The Morgan fingerprint density at radius 3 is 2.76 bits per heavy atom. The molecule has 1 aromatic heterocycles. The van der Waals surface area contributed by atoms with E-state index in [4.69, 9.17) is 25.0 Å². The molecule has 29 heavy (non-hydrogen) atoms. The van der Waals surface area contributed by atoms with E-state index in [0.29, 0.717) is 9.37 Å². The van der Waals surface area contributed by atoms with Crippen molar-refractivity contribution in [2.24, 2.45) is 11.0 Å². The van der Waals surface area contributed by atoms with Crippen molar-refractivity contribution in [1.82, 2.24) is 4.98 Å². The fourth-order valence-electron chi connectivity index (χ4n) is 2.79. The Morgan fingerprint density at radius 1 is 1.48 bits per heavy atom. The van der Waals surface area contributed by atoms with Gasteiger partial charge in [-0.2, -0.15) is 5.26 Å². The van der Waals surface area contributed by atoms with Gasteiger partial charge in [-0.3, -0.25) is 9.59 Å². The molecule has 0 amide bonds. The minimum atomic E-state index is -0.902. The Balaban J connectivity index is 2.31. The first-order valence-electron chi connectivity index (χ1n) is 8.49. The average Bonchev–Trinajstić information content (AvgIpc) is 2.65. The lowest BCUT2D eigenvalue weighted by molar-refractivity contribution is -0.182. The quantitative estimate of drug-likeness (QED) is 0.258. The van der Waals surface area contributed by atoms with Crippen LogP contribution >= 0.6 is 27.7 Å². The van der Waals surface area contributed by atoms with Gasteiger partial charge in [-0.15, -0.1) is 0 Å². The minimum Gasteiger partial charge on any atom is -0.463 e. The number of nitrogens with zero attached hydrogens (tertiary/aromatic N) is 5. The topological polar surface area (TPSA) is 147 Å². The van der Waals surface area contributed by atoms with Crippen LogP contribution in [0.15, 0.2) is 26.7 Å². The third kappa shape index (κ3) is 6.08. The van der Waals surface area contributed by atoms with Crippen molar-refractivity contribution in [3.8, 4) is 6.07 Å². The number of carbonyl (C=O) groups excluding carboxylic acids is 2. The SMILES string of the molecule is CC(=O)OCC1O[C@H](Sc2cnc(C#N)c(Br)c2)C(C)[C@@H](N=[N+]=[N-])[C@H]1OC(C)=O. The molecule has 0 N–H and O–H groups in total. The summed E-state index contributed by atoms with van der Waals surface area (Å²) in [5.74, 6) is -1.43. The standard InChI is InChI=1S/C17H18BrN5O5S/c1-8-15(22-23-20)16(27-10(3)25)14(7-26-9(2)24)28-17(8)29-11-4-12(18)13(5-19)21-6-11/h4,6,8,14-17H,7H2,1-3H3/t8?,14?,15-,16+,17-/m1/s1. The van der Waals surface area contributed by atoms with E-state index in [-0.39, 0.29) is 18.2 Å². The van der Waals surface area contributed by atoms with Gasteiger partial charge in [-0.05, 0) is 27.5 Å². The van der Waals surface area contributed by atoms with Crippen molar-refractivity contribution in [3.63, 3.8) is 0 Å². The molecule has 0 radical (unpaired) electrons. The van der Waals surface area contributed by atoms with Gasteiger partial charge < -0.3 is 14.2 Å². The fourth-order valence-corrected chi connectivity index (χ4v) is 4.52. The van der Waals surface area contributed by atoms with Crippen LogP contribution in [-0.4, -0.2) is 47.2 Å². The van der Waals surface area contributed by atoms with Gasteiger partial charge >= 0.3 is 11.9 Å². The highest BCUT2D eigenvalue weighted by molar-refractivity contribution is 9.10. The number of halogens is 1. The average molecular weight is 484 g/mol. The van der Waals surface area contributed by atoms with Gasteiger partial charge in [0, 0.05) is 35.8 Å². The maximum Gasteiger partial charge on any atom is 0.303 e. The first kappa shape index (κ1) is 23.0. The lowest BCUT2D eigenvalue weighted by Gasteiger charge is -2.43. The van der Waals surface area contributed by atoms with Crippen LogP contribution in [0.5, 0.6) is 0 Å². The van der Waals surface area contributed by atoms with Crippen LogP contribution in [0, 0.1) is 17.2 Å². The molecule has 1 aliphatic rings. The summed E-state index contributed by atoms with van der Waals surface area (Å²) in [5.41, 5.74) is 8.74. The van der Waals surface area contributed by atoms with E-state index in [1.54, 1.807) is 6.07 Å². The molecule has 154 valence electrons. The molecule has 10 nitrogen and oxygen atoms in total. The maximum absolute atomic E-state index is 11.6. The molecular formula is C17H18BrN5O5S. The Labute approximate surface area is 179 Å². The van der Waals surface area contributed by atoms with Crippen molar-refractivity contribution < 1.29 is 23.8 Å². The highest BCUT2D eigenvalue weighted by atomic mass is 79.9. The van der Waals surface area contributed by atoms with Crippen molar-refractivity contribution in [1.29, 1.82) is 5.26 Å². The molecule has 0 bridgehead atoms. The van der Waals surface area contributed by atoms with E-state index < -0.39 is 35.6 Å². The molecule has 12 heteroatoms. The molecule has 1 aromatic rings. The summed E-state index contributed by atoms with van der Waals surface area (Å²) in [4.78, 5) is 30.5. The molecule has 0 aromatic carbocycles. The zero-order valence-electron chi connectivity index (χ0n) is 15.8. The summed E-state index contributed by atoms with van der Waals surface area (Å²) >= 11 is 4.60. The normalized spacial score (nSPS) is 26.0. The number of pyridine rings is 1. The number of carbonyl (C=O) groups is 2. The highest BCUT2D eigenvalue weighted by Crippen LogP contribution is 2.39. The molecule has 5 atom stereocenters. The molecule has 2 rings (SSSR count). The molecule has 0 aliphatic carbocycles. The Hall–Kier alpha value is -2.32. The van der Waals surface area contributed by atoms with Crippen molar-refractivity contribution in [3.05, 3.63) is 32.9 Å². The van der Waals surface area contributed by atoms with Crippen molar-refractivity contribution >= 4 is 39.6 Å². The van der Waals surface area contributed by atoms with Crippen molar-refractivity contribution in [2.75, 3.05) is 6.61 Å². The number of rotatable bonds is 6. The molecule has 2 heterocycles. The number of hydrogen-bond acceptors (Lipinski definition) is 9. The molecular weight excluding hydrogens is 466 g/mol. The molecule has 2 unspecified atom stereocenters. The van der Waals surface area contributed by atoms with Gasteiger partial charge in [-0.25, -0.2) is 4.98 Å². The summed E-state index contributed by atoms with van der Waals surface area (Å²) in [6.07, 6.45) is -0.187. The second-order valence-electron chi connectivity index (χ2n) is 6.21. The first-order chi connectivity index (χ1) is 13.8. The van der Waals surface area contributed by atoms with Gasteiger partial charge in [0.2, 0.25) is 0 Å². The van der Waals surface area contributed by atoms with Crippen LogP contribution in [0.25, 0.3) is 10.4 Å². The second kappa shape index (κ2) is 10.5. The molecule has 1 aliphatic heterocycles. The Bertz CT molecular complexity index is 872. The predicted octanol–water partition coefficient (Wildman–Crippen LogP) is 3.34. The lowest BCUT2D eigenvalue weighted by Crippen LogP contribution is -2.55. The number of nitriles is 1. The van der Waals surface area contributed by atoms with Gasteiger partial charge in [0.25, 0.3) is 0 Å². The number of aromatic nitrogens is 1. The van der Waals surface area contributed by atoms with Crippen molar-refractivity contribution in [2.45, 2.75) is 49.4 Å². The Morgan fingerprint density at radius 2 is 2.21 bits per heavy atom. The van der Waals surface area contributed by atoms with E-state index in [2.05, 4.69) is 30.9 Å². The largest absolute Gasteiger partial charge is 0.463 e. The van der Waals surface area contributed by atoms with Gasteiger partial charge in [0.1, 0.15) is 30.3 Å². The number of thioether (sulfide) groups is 1. The smallest absolute Gasteiger partial charge is 0.303 e. The van der Waals surface area contributed by atoms with E-state index >= 15 is 0 Å². The maximum atomic E-state index is 11.6. The van der Waals surface area contributed by atoms with Crippen LogP contribution < -0.4 is 0 Å². The molecule has 0 saturated carbocycles. The number of esters is 2. The predicted molar refractivity (Wildman–Crippen MR) is 105 cm³/mol. The zero-order valence-corrected chi connectivity index (χ0v) is 18.2. The third-order valence-electron chi connectivity index (χ3n) is 4.09. The summed E-state index contributed by atoms with van der Waals surface area (Å²) in [7, 11) is 0. The number of azide groups is 1. The summed E-state index contributed by atoms with van der Waals surface area (Å²) < 4.78 is 17.0. The first-order valence-corrected chi connectivity index (χ1v) is 10.2. The van der Waals surface area contributed by atoms with Gasteiger partial charge in [0.15, 0.2) is 5.69 Å². The third-order valence-corrected chi connectivity index (χ3v) is 5.96. The zero-order chi connectivity index (χ0) is 21.6. The van der Waals surface area contributed by atoms with Crippen LogP contribution in [0.3, 0.4) is 0 Å². The van der Waals surface area contributed by atoms with Crippen LogP contribution in [0.4, 0.5) is 0 Å². The fraction of sp³-hybridized carbons (Fsp3) is 0.529. The molecule has 1 saturated heterocycles. The van der Waals surface area contributed by atoms with Crippen LogP contribution in [-0.2, 0) is 23.8 Å². The molecule has 1 fully saturated rings. The monoisotopic (exact) mass is 483 g/mol. The van der Waals surface area contributed by atoms with E-state index in [0.717, 1.165) is 0 Å². The van der Waals surface area contributed by atoms with E-state index in [1.807, 2.05) is 13.0 Å². The summed E-state index contributed by atoms with van der Waals surface area (Å²) in [5, 5.41) is 12.8. The van der Waals surface area contributed by atoms with E-state index in [1.165, 1.54) is 31.8 Å². The van der Waals surface area contributed by atoms with E-state index in [9.17, 15) is 9.59 Å². The molecule has 0 spiro atoms. The summed E-state index contributed by atoms with van der Waals surface area (Å²) in [6, 6.07) is 2.97. The summed E-state index contributed by atoms with van der Waals surface area (Å²) in [6.45, 7) is 4.14. The minimum absolute atomic E-state index is 0.163. The number of hydrogen-bond donors (Lipinski definition) is 0. The van der Waals surface area contributed by atoms with Crippen LogP contribution in [0.1, 0.15) is 26.5 Å². The van der Waals surface area contributed by atoms with Gasteiger partial charge in [0.05, 0.1) is 10.5 Å². The number of ether oxygens (including phenoxy) is 3. The van der Waals surface area contributed by atoms with Crippen LogP contribution in [0.2, 0.25) is 0 Å². The second-order valence-corrected chi connectivity index (χ2v) is 8.23. The highest BCUT2D eigenvalue weighted by Gasteiger charge is 2.46. The van der Waals surface area contributed by atoms with Gasteiger partial charge in [-0.1, -0.05) is 23.8 Å².